The number of allylic oxidation sites excluding steroid dienone is 12. The number of rotatable bonds is 49. The van der Waals surface area contributed by atoms with Gasteiger partial charge in [-0.25, -0.2) is 0 Å². The highest BCUT2D eigenvalue weighted by atomic mass is 16.6. The maximum absolute atomic E-state index is 12.8. The topological polar surface area (TPSA) is 78.9 Å². The molecule has 0 radical (unpaired) electrons. The zero-order valence-corrected chi connectivity index (χ0v) is 42.7. The van der Waals surface area contributed by atoms with E-state index in [1.165, 1.54) is 122 Å². The first-order valence-corrected chi connectivity index (χ1v) is 27.4. The molecule has 0 aromatic carbocycles. The fourth-order valence-electron chi connectivity index (χ4n) is 7.58. The normalized spacial score (nSPS) is 12.6. The number of hydrogen-bond acceptors (Lipinski definition) is 6. The lowest BCUT2D eigenvalue weighted by Gasteiger charge is -2.18. The summed E-state index contributed by atoms with van der Waals surface area (Å²) in [5.74, 6) is -0.925. The lowest BCUT2D eigenvalue weighted by atomic mass is 10.0. The Kier molecular flexibility index (Phi) is 50.9. The van der Waals surface area contributed by atoms with Crippen molar-refractivity contribution >= 4 is 17.9 Å². The molecule has 65 heavy (non-hydrogen) atoms. The second-order valence-corrected chi connectivity index (χ2v) is 18.1. The smallest absolute Gasteiger partial charge is 0.306 e. The minimum Gasteiger partial charge on any atom is -0.462 e. The predicted molar refractivity (Wildman–Crippen MR) is 279 cm³/mol. The van der Waals surface area contributed by atoms with E-state index in [2.05, 4.69) is 93.7 Å². The summed E-state index contributed by atoms with van der Waals surface area (Å²) in [5, 5.41) is 0. The monoisotopic (exact) mass is 907 g/mol. The molecule has 0 N–H and O–H groups in total. The molecule has 0 heterocycles. The van der Waals surface area contributed by atoms with Crippen LogP contribution in [0.3, 0.4) is 0 Å². The number of ether oxygens (including phenoxy) is 3. The third-order valence-electron chi connectivity index (χ3n) is 11.7. The van der Waals surface area contributed by atoms with E-state index in [4.69, 9.17) is 14.2 Å². The third kappa shape index (κ3) is 51.7. The number of carbonyl (C=O) groups is 3. The zero-order chi connectivity index (χ0) is 47.2. The van der Waals surface area contributed by atoms with Gasteiger partial charge in [-0.1, -0.05) is 229 Å². The Morgan fingerprint density at radius 3 is 0.985 bits per heavy atom. The first-order valence-electron chi connectivity index (χ1n) is 27.4. The van der Waals surface area contributed by atoms with E-state index in [9.17, 15) is 14.4 Å². The Labute approximate surface area is 402 Å². The van der Waals surface area contributed by atoms with E-state index in [0.29, 0.717) is 19.3 Å². The van der Waals surface area contributed by atoms with Crippen molar-refractivity contribution in [3.05, 3.63) is 72.9 Å². The SMILES string of the molecule is CC/C=C\C/C=C\C/C=C\CCCCCC(=O)OCC(COC(=O)CCCCCCCC/C=C\C/C=C\C/C=C\CCCCC)OC(=O)CCCCCCCCCCCCCCCCC. The molecule has 0 aromatic heterocycles. The van der Waals surface area contributed by atoms with E-state index < -0.39 is 6.10 Å². The Morgan fingerprint density at radius 1 is 0.323 bits per heavy atom. The number of carbonyl (C=O) groups excluding carboxylic acids is 3. The average molecular weight is 907 g/mol. The van der Waals surface area contributed by atoms with Crippen LogP contribution in [0, 0.1) is 0 Å². The molecule has 0 amide bonds. The highest BCUT2D eigenvalue weighted by molar-refractivity contribution is 5.71. The molecular weight excluding hydrogens is 805 g/mol. The molecular formula is C59H102O6. The van der Waals surface area contributed by atoms with Crippen molar-refractivity contribution in [2.24, 2.45) is 0 Å². The van der Waals surface area contributed by atoms with Crippen molar-refractivity contribution in [3.63, 3.8) is 0 Å². The van der Waals surface area contributed by atoms with Gasteiger partial charge >= 0.3 is 17.9 Å². The molecule has 0 spiro atoms. The number of hydrogen-bond donors (Lipinski definition) is 0. The molecule has 0 aliphatic rings. The van der Waals surface area contributed by atoms with Gasteiger partial charge in [0.1, 0.15) is 13.2 Å². The van der Waals surface area contributed by atoms with Crippen molar-refractivity contribution in [1.82, 2.24) is 0 Å². The molecule has 0 bridgehead atoms. The van der Waals surface area contributed by atoms with Crippen LogP contribution >= 0.6 is 0 Å². The van der Waals surface area contributed by atoms with E-state index in [1.807, 2.05) is 0 Å². The summed E-state index contributed by atoms with van der Waals surface area (Å²) < 4.78 is 16.8. The Morgan fingerprint density at radius 2 is 0.600 bits per heavy atom. The Bertz CT molecular complexity index is 1230. The first kappa shape index (κ1) is 61.9. The highest BCUT2D eigenvalue weighted by Gasteiger charge is 2.19. The summed E-state index contributed by atoms with van der Waals surface area (Å²) in [6, 6.07) is 0. The summed E-state index contributed by atoms with van der Waals surface area (Å²) in [6.07, 6.45) is 67.4. The maximum Gasteiger partial charge on any atom is 0.306 e. The van der Waals surface area contributed by atoms with Crippen molar-refractivity contribution in [1.29, 1.82) is 0 Å². The van der Waals surface area contributed by atoms with Gasteiger partial charge in [0.2, 0.25) is 0 Å². The molecule has 374 valence electrons. The third-order valence-corrected chi connectivity index (χ3v) is 11.7. The Balaban J connectivity index is 4.41. The summed E-state index contributed by atoms with van der Waals surface area (Å²) in [6.45, 7) is 6.47. The molecule has 0 aliphatic carbocycles. The minimum atomic E-state index is -0.791. The van der Waals surface area contributed by atoms with Crippen LogP contribution in [0.15, 0.2) is 72.9 Å². The quantitative estimate of drug-likeness (QED) is 0.0262. The Hall–Kier alpha value is -3.15. The van der Waals surface area contributed by atoms with Gasteiger partial charge in [-0.2, -0.15) is 0 Å². The lowest BCUT2D eigenvalue weighted by molar-refractivity contribution is -0.167. The largest absolute Gasteiger partial charge is 0.462 e. The predicted octanol–water partition coefficient (Wildman–Crippen LogP) is 18.2. The minimum absolute atomic E-state index is 0.0901. The summed E-state index contributed by atoms with van der Waals surface area (Å²) in [4.78, 5) is 38.1. The first-order chi connectivity index (χ1) is 32.0. The summed E-state index contributed by atoms with van der Waals surface area (Å²) >= 11 is 0. The fraction of sp³-hybridized carbons (Fsp3) is 0.746. The van der Waals surface area contributed by atoms with Crippen LogP contribution in [0.1, 0.15) is 265 Å². The summed E-state index contributed by atoms with van der Waals surface area (Å²) in [7, 11) is 0. The van der Waals surface area contributed by atoms with Crippen molar-refractivity contribution < 1.29 is 28.6 Å². The van der Waals surface area contributed by atoms with Crippen LogP contribution in [0.5, 0.6) is 0 Å². The van der Waals surface area contributed by atoms with Crippen LogP contribution in [0.4, 0.5) is 0 Å². The molecule has 0 saturated carbocycles. The van der Waals surface area contributed by atoms with Gasteiger partial charge in [-0.3, -0.25) is 14.4 Å². The standard InChI is InChI=1S/C59H102O6/c1-4-7-10-13-16-19-22-25-27-28-29-30-32-34-37-40-43-46-49-52-58(61)64-55-56(54-63-57(60)51-48-45-42-39-36-33-24-21-18-15-12-9-6-3)65-59(62)53-50-47-44-41-38-35-31-26-23-20-17-14-11-8-5-2/h9,12,16,18-19,21,25,27,29-30,33,36,56H,4-8,10-11,13-15,17,20,22-24,26,28,31-32,34-35,37-55H2,1-3H3/b12-9-,19-16-,21-18-,27-25-,30-29-,36-33-. The van der Waals surface area contributed by atoms with Gasteiger partial charge in [-0.05, 0) is 89.9 Å². The van der Waals surface area contributed by atoms with Crippen LogP contribution < -0.4 is 0 Å². The van der Waals surface area contributed by atoms with Crippen LogP contribution in [0.25, 0.3) is 0 Å². The van der Waals surface area contributed by atoms with Gasteiger partial charge in [-0.15, -0.1) is 0 Å². The van der Waals surface area contributed by atoms with Gasteiger partial charge in [0.15, 0.2) is 6.10 Å². The van der Waals surface area contributed by atoms with E-state index in [1.54, 1.807) is 0 Å². The lowest BCUT2D eigenvalue weighted by Crippen LogP contribution is -2.30. The molecule has 6 nitrogen and oxygen atoms in total. The summed E-state index contributed by atoms with van der Waals surface area (Å²) in [5.41, 5.74) is 0. The fourth-order valence-corrected chi connectivity index (χ4v) is 7.58. The van der Waals surface area contributed by atoms with Gasteiger partial charge < -0.3 is 14.2 Å². The second kappa shape index (κ2) is 53.5. The molecule has 0 aliphatic heterocycles. The van der Waals surface area contributed by atoms with E-state index in [-0.39, 0.29) is 31.1 Å². The van der Waals surface area contributed by atoms with Crippen LogP contribution in [0.2, 0.25) is 0 Å². The highest BCUT2D eigenvalue weighted by Crippen LogP contribution is 2.15. The molecule has 0 saturated heterocycles. The van der Waals surface area contributed by atoms with Crippen LogP contribution in [-0.2, 0) is 28.6 Å². The van der Waals surface area contributed by atoms with E-state index >= 15 is 0 Å². The second-order valence-electron chi connectivity index (χ2n) is 18.1. The van der Waals surface area contributed by atoms with Crippen molar-refractivity contribution in [2.75, 3.05) is 13.2 Å². The average Bonchev–Trinajstić information content (AvgIpc) is 3.30. The number of esters is 3. The van der Waals surface area contributed by atoms with Gasteiger partial charge in [0, 0.05) is 19.3 Å². The van der Waals surface area contributed by atoms with Crippen molar-refractivity contribution in [3.8, 4) is 0 Å². The van der Waals surface area contributed by atoms with Crippen LogP contribution in [-0.4, -0.2) is 37.2 Å². The molecule has 0 rings (SSSR count). The van der Waals surface area contributed by atoms with E-state index in [0.717, 1.165) is 103 Å². The van der Waals surface area contributed by atoms with Gasteiger partial charge in [0.25, 0.3) is 0 Å². The molecule has 6 heteroatoms. The van der Waals surface area contributed by atoms with Crippen molar-refractivity contribution in [2.45, 2.75) is 271 Å². The molecule has 0 fully saturated rings. The van der Waals surface area contributed by atoms with Gasteiger partial charge in [0.05, 0.1) is 0 Å². The molecule has 1 atom stereocenters. The zero-order valence-electron chi connectivity index (χ0n) is 42.7. The molecule has 0 aromatic rings. The number of unbranched alkanes of at least 4 members (excludes halogenated alkanes) is 26. The molecule has 1 unspecified atom stereocenters. The maximum atomic E-state index is 12.8.